The van der Waals surface area contributed by atoms with Crippen LogP contribution in [0.5, 0.6) is 0 Å². The van der Waals surface area contributed by atoms with Crippen molar-refractivity contribution in [1.29, 1.82) is 0 Å². The summed E-state index contributed by atoms with van der Waals surface area (Å²) in [4.78, 5) is 37.0. The van der Waals surface area contributed by atoms with E-state index in [9.17, 15) is 14.4 Å². The number of amides is 3. The number of urea groups is 1. The minimum absolute atomic E-state index is 0.0343. The number of nitrogens with one attached hydrogen (secondary N) is 1. The Labute approximate surface area is 118 Å². The van der Waals surface area contributed by atoms with Gasteiger partial charge in [-0.05, 0) is 19.8 Å². The smallest absolute Gasteiger partial charge is 0.317 e. The SMILES string of the molecule is CC(=O)N1CCN(C(=O)NC(C)CCCC(=O)O)CC1. The molecular weight excluding hydrogens is 262 g/mol. The van der Waals surface area contributed by atoms with Crippen molar-refractivity contribution < 1.29 is 19.5 Å². The molecule has 1 atom stereocenters. The molecular formula is C13H23N3O4. The van der Waals surface area contributed by atoms with Gasteiger partial charge in [-0.2, -0.15) is 0 Å². The van der Waals surface area contributed by atoms with E-state index in [2.05, 4.69) is 5.32 Å². The molecule has 7 nitrogen and oxygen atoms in total. The fraction of sp³-hybridized carbons (Fsp3) is 0.769. The van der Waals surface area contributed by atoms with E-state index < -0.39 is 5.97 Å². The summed E-state index contributed by atoms with van der Waals surface area (Å²) in [6.45, 7) is 5.60. The molecule has 1 rings (SSSR count). The van der Waals surface area contributed by atoms with Crippen molar-refractivity contribution in [1.82, 2.24) is 15.1 Å². The largest absolute Gasteiger partial charge is 0.481 e. The van der Waals surface area contributed by atoms with Crippen LogP contribution in [0.1, 0.15) is 33.1 Å². The number of rotatable bonds is 5. The standard InChI is InChI=1S/C13H23N3O4/c1-10(4-3-5-12(18)19)14-13(20)16-8-6-15(7-9-16)11(2)17/h10H,3-9H2,1-2H3,(H,14,20)(H,18,19). The third-order valence-electron chi connectivity index (χ3n) is 3.41. The van der Waals surface area contributed by atoms with Gasteiger partial charge in [0.05, 0.1) is 0 Å². The molecule has 1 unspecified atom stereocenters. The summed E-state index contributed by atoms with van der Waals surface area (Å²) in [5, 5.41) is 11.4. The molecule has 0 aliphatic carbocycles. The molecule has 0 aromatic carbocycles. The molecule has 7 heteroatoms. The van der Waals surface area contributed by atoms with Crippen LogP contribution in [-0.2, 0) is 9.59 Å². The van der Waals surface area contributed by atoms with Gasteiger partial charge in [0.15, 0.2) is 0 Å². The zero-order valence-electron chi connectivity index (χ0n) is 12.1. The highest BCUT2D eigenvalue weighted by Crippen LogP contribution is 2.05. The number of piperazine rings is 1. The van der Waals surface area contributed by atoms with Gasteiger partial charge in [0.25, 0.3) is 0 Å². The lowest BCUT2D eigenvalue weighted by Crippen LogP contribution is -2.53. The normalized spacial score (nSPS) is 16.7. The van der Waals surface area contributed by atoms with Crippen LogP contribution in [0.15, 0.2) is 0 Å². The molecule has 0 spiro atoms. The minimum atomic E-state index is -0.816. The molecule has 0 bridgehead atoms. The van der Waals surface area contributed by atoms with Gasteiger partial charge < -0.3 is 20.2 Å². The summed E-state index contributed by atoms with van der Waals surface area (Å²) in [7, 11) is 0. The van der Waals surface area contributed by atoms with Crippen LogP contribution in [0.4, 0.5) is 4.79 Å². The van der Waals surface area contributed by atoms with Crippen LogP contribution in [0.25, 0.3) is 0 Å². The number of carboxylic acids is 1. The zero-order chi connectivity index (χ0) is 15.1. The monoisotopic (exact) mass is 285 g/mol. The molecule has 114 valence electrons. The van der Waals surface area contributed by atoms with Crippen LogP contribution in [-0.4, -0.2) is 65.0 Å². The van der Waals surface area contributed by atoms with Gasteiger partial charge >= 0.3 is 12.0 Å². The van der Waals surface area contributed by atoms with Crippen molar-refractivity contribution in [2.24, 2.45) is 0 Å². The predicted molar refractivity (Wildman–Crippen MR) is 73.3 cm³/mol. The fourth-order valence-corrected chi connectivity index (χ4v) is 2.16. The average Bonchev–Trinajstić information content (AvgIpc) is 2.38. The molecule has 0 aromatic heterocycles. The molecule has 20 heavy (non-hydrogen) atoms. The molecule has 0 saturated carbocycles. The van der Waals surface area contributed by atoms with Crippen molar-refractivity contribution in [3.8, 4) is 0 Å². The number of aliphatic carboxylic acids is 1. The second-order valence-electron chi connectivity index (χ2n) is 5.13. The van der Waals surface area contributed by atoms with Gasteiger partial charge in [-0.25, -0.2) is 4.79 Å². The van der Waals surface area contributed by atoms with Gasteiger partial charge in [0, 0.05) is 45.6 Å². The first-order valence-corrected chi connectivity index (χ1v) is 6.93. The Kier molecular flexibility index (Phi) is 6.27. The maximum absolute atomic E-state index is 12.0. The lowest BCUT2D eigenvalue weighted by Gasteiger charge is -2.34. The van der Waals surface area contributed by atoms with Crippen molar-refractivity contribution in [2.75, 3.05) is 26.2 Å². The van der Waals surface area contributed by atoms with Gasteiger partial charge in [0.2, 0.25) is 5.91 Å². The summed E-state index contributed by atoms with van der Waals surface area (Å²) in [5.41, 5.74) is 0. The topological polar surface area (TPSA) is 90.0 Å². The minimum Gasteiger partial charge on any atom is -0.481 e. The van der Waals surface area contributed by atoms with Crippen LogP contribution in [0.2, 0.25) is 0 Å². The number of carbonyl (C=O) groups is 3. The van der Waals surface area contributed by atoms with Crippen molar-refractivity contribution in [3.05, 3.63) is 0 Å². The lowest BCUT2D eigenvalue weighted by atomic mass is 10.1. The summed E-state index contributed by atoms with van der Waals surface area (Å²) < 4.78 is 0. The maximum Gasteiger partial charge on any atom is 0.317 e. The molecule has 0 aromatic rings. The molecule has 1 aliphatic rings. The van der Waals surface area contributed by atoms with E-state index in [1.165, 1.54) is 6.92 Å². The Morgan fingerprint density at radius 1 is 1.15 bits per heavy atom. The Balaban J connectivity index is 2.26. The maximum atomic E-state index is 12.0. The fourth-order valence-electron chi connectivity index (χ4n) is 2.16. The molecule has 1 heterocycles. The summed E-state index contributed by atoms with van der Waals surface area (Å²) >= 11 is 0. The summed E-state index contributed by atoms with van der Waals surface area (Å²) in [6, 6.07) is -0.191. The number of carbonyl (C=O) groups excluding carboxylic acids is 2. The Hall–Kier alpha value is -1.79. The first-order chi connectivity index (χ1) is 9.40. The third kappa shape index (κ3) is 5.46. The van der Waals surface area contributed by atoms with Crippen molar-refractivity contribution in [2.45, 2.75) is 39.2 Å². The lowest BCUT2D eigenvalue weighted by molar-refractivity contribution is -0.137. The quantitative estimate of drug-likeness (QED) is 0.770. The Morgan fingerprint density at radius 2 is 1.70 bits per heavy atom. The second-order valence-corrected chi connectivity index (χ2v) is 5.13. The molecule has 1 fully saturated rings. The van der Waals surface area contributed by atoms with E-state index in [4.69, 9.17) is 5.11 Å². The van der Waals surface area contributed by atoms with Crippen molar-refractivity contribution >= 4 is 17.9 Å². The molecule has 2 N–H and O–H groups in total. The van der Waals surface area contributed by atoms with E-state index in [0.717, 1.165) is 0 Å². The van der Waals surface area contributed by atoms with Crippen LogP contribution >= 0.6 is 0 Å². The summed E-state index contributed by atoms with van der Waals surface area (Å²) in [5.74, 6) is -0.782. The Bertz CT molecular complexity index is 365. The molecule has 0 radical (unpaired) electrons. The second kappa shape index (κ2) is 7.72. The highest BCUT2D eigenvalue weighted by atomic mass is 16.4. The molecule has 3 amide bonds. The van der Waals surface area contributed by atoms with E-state index in [0.29, 0.717) is 39.0 Å². The van der Waals surface area contributed by atoms with E-state index in [1.807, 2.05) is 6.92 Å². The number of carboxylic acid groups (broad SMARTS) is 1. The van der Waals surface area contributed by atoms with Gasteiger partial charge in [-0.15, -0.1) is 0 Å². The third-order valence-corrected chi connectivity index (χ3v) is 3.41. The summed E-state index contributed by atoms with van der Waals surface area (Å²) in [6.07, 6.45) is 1.32. The number of nitrogens with zero attached hydrogens (tertiary/aromatic N) is 2. The van der Waals surface area contributed by atoms with Crippen LogP contribution in [0, 0.1) is 0 Å². The number of hydrogen-bond donors (Lipinski definition) is 2. The first kappa shape index (κ1) is 16.3. The van der Waals surface area contributed by atoms with Crippen molar-refractivity contribution in [3.63, 3.8) is 0 Å². The van der Waals surface area contributed by atoms with Gasteiger partial charge in [-0.3, -0.25) is 9.59 Å². The first-order valence-electron chi connectivity index (χ1n) is 6.93. The van der Waals surface area contributed by atoms with Crippen LogP contribution < -0.4 is 5.32 Å². The highest BCUT2D eigenvalue weighted by Gasteiger charge is 2.22. The zero-order valence-corrected chi connectivity index (χ0v) is 12.1. The number of hydrogen-bond acceptors (Lipinski definition) is 3. The molecule has 1 aliphatic heterocycles. The van der Waals surface area contributed by atoms with Gasteiger partial charge in [0.1, 0.15) is 0 Å². The highest BCUT2D eigenvalue weighted by molar-refractivity contribution is 5.76. The van der Waals surface area contributed by atoms with Crippen LogP contribution in [0.3, 0.4) is 0 Å². The van der Waals surface area contributed by atoms with E-state index in [1.54, 1.807) is 9.80 Å². The Morgan fingerprint density at radius 3 is 2.20 bits per heavy atom. The molecule has 1 saturated heterocycles. The van der Waals surface area contributed by atoms with Gasteiger partial charge in [-0.1, -0.05) is 0 Å². The van der Waals surface area contributed by atoms with E-state index in [-0.39, 0.29) is 24.4 Å². The average molecular weight is 285 g/mol. The predicted octanol–water partition coefficient (Wildman–Crippen LogP) is 0.504. The van der Waals surface area contributed by atoms with E-state index >= 15 is 0 Å².